The summed E-state index contributed by atoms with van der Waals surface area (Å²) in [6.07, 6.45) is -0.112. The van der Waals surface area contributed by atoms with Gasteiger partial charge in [0.25, 0.3) is 0 Å². The fourth-order valence-corrected chi connectivity index (χ4v) is 4.02. The second-order valence-electron chi connectivity index (χ2n) is 6.96. The maximum atomic E-state index is 14.4. The zero-order valence-corrected chi connectivity index (χ0v) is 17.3. The molecular formula is C24H31ClN2O2. The average molecular weight is 423 g/mol. The van der Waals surface area contributed by atoms with Crippen LogP contribution in [0.2, 0.25) is 0 Å². The summed E-state index contributed by atoms with van der Waals surface area (Å²) in [7, 11) is 0. The predicted molar refractivity (Wildman–Crippen MR) is 119 cm³/mol. The molecule has 2 aromatic carbocycles. The van der Waals surface area contributed by atoms with E-state index in [0.29, 0.717) is 26.3 Å². The van der Waals surface area contributed by atoms with Gasteiger partial charge in [-0.2, -0.15) is 0 Å². The number of likely N-dealkylation sites (N-methyl/N-ethyl adjacent to an activating group) is 1. The smallest absolute Gasteiger partial charge is 0.238 e. The van der Waals surface area contributed by atoms with Gasteiger partial charge in [-0.25, -0.2) is 0 Å². The minimum Gasteiger partial charge on any atom is -0.379 e. The van der Waals surface area contributed by atoms with Crippen molar-refractivity contribution >= 4 is 18.3 Å². The van der Waals surface area contributed by atoms with E-state index in [1.807, 2.05) is 4.90 Å². The van der Waals surface area contributed by atoms with Crippen LogP contribution in [0.25, 0.3) is 0 Å². The molecule has 0 saturated carbocycles. The summed E-state index contributed by atoms with van der Waals surface area (Å²) in [6.45, 7) is 1.55. The Hall–Kier alpha value is -1.88. The lowest BCUT2D eigenvalue weighted by Crippen LogP contribution is -2.43. The predicted octanol–water partition coefficient (Wildman–Crippen LogP) is 3.60. The number of likely N-dealkylation sites (tertiary alicyclic amines) is 1. The van der Waals surface area contributed by atoms with Gasteiger partial charge in [0, 0.05) is 36.1 Å². The molecule has 2 saturated heterocycles. The third-order valence-corrected chi connectivity index (χ3v) is 5.47. The SMILES string of the molecule is Cl.[2H]c1c([2H])c([2H])c([C@@]2(c3ccccc3)C(=O)N(CC)C([2H])([2H])C2([2H])CCN2CCOCC2)c([2H])c1[2H]. The van der Waals surface area contributed by atoms with E-state index in [9.17, 15) is 6.17 Å². The standard InChI is InChI=1S/C24H30N2O2.ClH/c1-2-26-19-22(13-14-25-15-17-28-18-16-25)24(23(26)27,20-9-5-3-6-10-20)21-11-7-4-8-12-21;/h3-12,22H,2,13-19H2,1H3;1H/i3D,5D,6D,9D,10D,19D2,22D;/t22?,24-;/m0./s1. The fraction of sp³-hybridized carbons (Fsp3) is 0.458. The van der Waals surface area contributed by atoms with E-state index in [1.165, 1.54) is 0 Å². The number of nitrogens with zero attached hydrogens (tertiary/aromatic N) is 2. The van der Waals surface area contributed by atoms with Gasteiger partial charge in [-0.3, -0.25) is 9.69 Å². The van der Waals surface area contributed by atoms with Gasteiger partial charge in [0.1, 0.15) is 5.41 Å². The minimum atomic E-state index is -2.50. The second kappa shape index (κ2) is 9.75. The van der Waals surface area contributed by atoms with Crippen LogP contribution in [0.1, 0.15) is 35.4 Å². The van der Waals surface area contributed by atoms with Crippen LogP contribution in [0, 0.1) is 5.89 Å². The van der Waals surface area contributed by atoms with Gasteiger partial charge >= 0.3 is 0 Å². The molecule has 156 valence electrons. The number of ether oxygens (including phenoxy) is 1. The van der Waals surface area contributed by atoms with Gasteiger partial charge in [0.05, 0.1) is 20.1 Å². The monoisotopic (exact) mass is 422 g/mol. The fourth-order valence-electron chi connectivity index (χ4n) is 4.02. The molecule has 2 aliphatic rings. The maximum absolute atomic E-state index is 14.4. The second-order valence-corrected chi connectivity index (χ2v) is 6.96. The lowest BCUT2D eigenvalue weighted by molar-refractivity contribution is -0.131. The molecule has 2 aromatic rings. The summed E-state index contributed by atoms with van der Waals surface area (Å²) in [6, 6.07) is 5.09. The number of hydrogen-bond acceptors (Lipinski definition) is 3. The van der Waals surface area contributed by atoms with Crippen molar-refractivity contribution < 1.29 is 20.5 Å². The van der Waals surface area contributed by atoms with E-state index in [2.05, 4.69) is 0 Å². The Morgan fingerprint density at radius 1 is 1.17 bits per heavy atom. The van der Waals surface area contributed by atoms with E-state index >= 15 is 0 Å². The third-order valence-electron chi connectivity index (χ3n) is 5.47. The first kappa shape index (κ1) is 13.4. The summed E-state index contributed by atoms with van der Waals surface area (Å²) < 4.78 is 75.5. The normalized spacial score (nSPS) is 33.3. The Morgan fingerprint density at radius 3 is 2.52 bits per heavy atom. The number of amides is 1. The van der Waals surface area contributed by atoms with Crippen molar-refractivity contribution in [2.45, 2.75) is 18.8 Å². The number of carbonyl (C=O) groups is 1. The molecule has 1 amide bonds. The first-order chi connectivity index (χ1) is 17.0. The van der Waals surface area contributed by atoms with Gasteiger partial charge < -0.3 is 9.64 Å². The Kier molecular flexibility index (Phi) is 4.51. The molecule has 4 nitrogen and oxygen atoms in total. The highest BCUT2D eigenvalue weighted by Crippen LogP contribution is 2.47. The van der Waals surface area contributed by atoms with E-state index in [0.717, 1.165) is 4.90 Å². The molecule has 2 fully saturated rings. The number of carbonyl (C=O) groups excluding carboxylic acids is 1. The highest BCUT2D eigenvalue weighted by atomic mass is 35.5. The summed E-state index contributed by atoms with van der Waals surface area (Å²) in [5.74, 6) is -3.00. The molecule has 2 heterocycles. The van der Waals surface area contributed by atoms with E-state index in [1.54, 1.807) is 37.3 Å². The van der Waals surface area contributed by atoms with Crippen LogP contribution in [0.4, 0.5) is 0 Å². The van der Waals surface area contributed by atoms with Crippen LogP contribution < -0.4 is 0 Å². The van der Waals surface area contributed by atoms with Gasteiger partial charge in [0.2, 0.25) is 5.91 Å². The third kappa shape index (κ3) is 4.07. The Morgan fingerprint density at radius 2 is 1.86 bits per heavy atom. The van der Waals surface area contributed by atoms with Gasteiger partial charge in [-0.1, -0.05) is 60.5 Å². The summed E-state index contributed by atoms with van der Waals surface area (Å²) in [4.78, 5) is 17.4. The van der Waals surface area contributed by atoms with Crippen LogP contribution in [0.3, 0.4) is 0 Å². The van der Waals surface area contributed by atoms with Crippen LogP contribution >= 0.6 is 12.4 Å². The average Bonchev–Trinajstić information content (AvgIpc) is 3.01. The molecule has 4 rings (SSSR count). The molecule has 0 spiro atoms. The highest BCUT2D eigenvalue weighted by molar-refractivity contribution is 5.94. The number of morpholine rings is 1. The van der Waals surface area contributed by atoms with E-state index < -0.39 is 53.9 Å². The van der Waals surface area contributed by atoms with Crippen LogP contribution in [0.5, 0.6) is 0 Å². The quantitative estimate of drug-likeness (QED) is 0.713. The van der Waals surface area contributed by atoms with Crippen LogP contribution in [-0.4, -0.2) is 61.6 Å². The number of halogens is 1. The first-order valence-electron chi connectivity index (χ1n) is 13.7. The number of benzene rings is 2. The van der Waals surface area contributed by atoms with Crippen molar-refractivity contribution in [2.24, 2.45) is 5.89 Å². The summed E-state index contributed by atoms with van der Waals surface area (Å²) >= 11 is 0. The molecule has 29 heavy (non-hydrogen) atoms. The molecular weight excluding hydrogens is 384 g/mol. The molecule has 0 aromatic heterocycles. The van der Waals surface area contributed by atoms with Crippen molar-refractivity contribution in [1.29, 1.82) is 0 Å². The van der Waals surface area contributed by atoms with Crippen LogP contribution in [-0.2, 0) is 14.9 Å². The van der Waals surface area contributed by atoms with E-state index in [4.69, 9.17) is 14.3 Å². The molecule has 0 bridgehead atoms. The van der Waals surface area contributed by atoms with Gasteiger partial charge in [-0.05, 0) is 31.0 Å². The molecule has 0 N–H and O–H groups in total. The lowest BCUT2D eigenvalue weighted by Gasteiger charge is -2.36. The topological polar surface area (TPSA) is 32.8 Å². The molecule has 0 aliphatic carbocycles. The number of hydrogen-bond donors (Lipinski definition) is 0. The van der Waals surface area contributed by atoms with Gasteiger partial charge in [-0.15, -0.1) is 12.4 Å². The molecule has 0 radical (unpaired) electrons. The zero-order chi connectivity index (χ0) is 26.5. The Balaban J connectivity index is 0.00000380. The first-order valence-corrected chi connectivity index (χ1v) is 9.71. The molecule has 1 unspecified atom stereocenters. The lowest BCUT2D eigenvalue weighted by atomic mass is 9.66. The minimum absolute atomic E-state index is 0. The summed E-state index contributed by atoms with van der Waals surface area (Å²) in [5.41, 5.74) is -2.31. The van der Waals surface area contributed by atoms with Crippen molar-refractivity contribution in [2.75, 3.05) is 45.9 Å². The zero-order valence-electron chi connectivity index (χ0n) is 24.5. The van der Waals surface area contributed by atoms with Crippen molar-refractivity contribution in [3.8, 4) is 0 Å². The molecule has 2 atom stereocenters. The van der Waals surface area contributed by atoms with Crippen molar-refractivity contribution in [3.63, 3.8) is 0 Å². The molecule has 5 heteroatoms. The van der Waals surface area contributed by atoms with Crippen molar-refractivity contribution in [1.82, 2.24) is 9.80 Å². The van der Waals surface area contributed by atoms with Crippen LogP contribution in [0.15, 0.2) is 60.5 Å². The van der Waals surface area contributed by atoms with E-state index in [-0.39, 0.29) is 43.0 Å². The summed E-state index contributed by atoms with van der Waals surface area (Å²) in [5, 5.41) is 0. The maximum Gasteiger partial charge on any atom is 0.238 e. The Bertz CT molecular complexity index is 1140. The number of rotatable bonds is 6. The van der Waals surface area contributed by atoms with Gasteiger partial charge in [0.15, 0.2) is 0 Å². The highest BCUT2D eigenvalue weighted by Gasteiger charge is 2.55. The molecule has 2 aliphatic heterocycles. The van der Waals surface area contributed by atoms with Crippen molar-refractivity contribution in [3.05, 3.63) is 71.7 Å². The Labute approximate surface area is 191 Å². The largest absolute Gasteiger partial charge is 0.379 e.